The molecule has 1 atom stereocenters. The number of hydrogen-bond acceptors (Lipinski definition) is 4. The number of nitrogens with one attached hydrogen (secondary N) is 1. The van der Waals surface area contributed by atoms with Crippen molar-refractivity contribution in [2.45, 2.75) is 66.8 Å². The van der Waals surface area contributed by atoms with E-state index >= 15 is 0 Å². The van der Waals surface area contributed by atoms with E-state index in [1.165, 1.54) is 7.11 Å². The van der Waals surface area contributed by atoms with Crippen molar-refractivity contribution >= 4 is 29.3 Å². The maximum Gasteiger partial charge on any atom is 0.341 e. The number of carbonyl (C=O) groups is 2. The molecule has 37 heavy (non-hydrogen) atoms. The lowest BCUT2D eigenvalue weighted by Gasteiger charge is -2.42. The second kappa shape index (κ2) is 11.2. The van der Waals surface area contributed by atoms with E-state index in [-0.39, 0.29) is 24.0 Å². The molecule has 1 aliphatic rings. The van der Waals surface area contributed by atoms with Crippen LogP contribution in [0.3, 0.4) is 0 Å². The Kier molecular flexibility index (Phi) is 8.63. The van der Waals surface area contributed by atoms with Gasteiger partial charge in [0, 0.05) is 17.3 Å². The molecule has 0 spiro atoms. The van der Waals surface area contributed by atoms with Gasteiger partial charge in [0.05, 0.1) is 24.9 Å². The summed E-state index contributed by atoms with van der Waals surface area (Å²) in [5.41, 5.74) is 3.45. The molecule has 200 valence electrons. The van der Waals surface area contributed by atoms with Gasteiger partial charge < -0.3 is 14.8 Å². The standard InChI is InChI=1S/C30H39ClN2O4/c1-9-37-27(34)23-13-12-22(17-26(23)36-8)33-18-24(19(2)3)30(7,32-28(33)35)21-11-10-20(25(31)16-21)14-15-29(4,5)6/h10-13,16-19H,9,14-15H2,1-8H3,(H,32,35)/t30-/m0/s1. The fraction of sp³-hybridized carbons (Fsp3) is 0.467. The van der Waals surface area contributed by atoms with Gasteiger partial charge in [-0.1, -0.05) is 58.4 Å². The zero-order chi connectivity index (χ0) is 27.5. The van der Waals surface area contributed by atoms with Gasteiger partial charge in [0.25, 0.3) is 0 Å². The quantitative estimate of drug-likeness (QED) is 0.362. The Morgan fingerprint density at radius 3 is 2.43 bits per heavy atom. The van der Waals surface area contributed by atoms with Crippen LogP contribution >= 0.6 is 11.6 Å². The van der Waals surface area contributed by atoms with Gasteiger partial charge in [0.2, 0.25) is 0 Å². The van der Waals surface area contributed by atoms with Crippen molar-refractivity contribution in [3.8, 4) is 5.75 Å². The van der Waals surface area contributed by atoms with E-state index in [0.29, 0.717) is 22.0 Å². The second-order valence-electron chi connectivity index (χ2n) is 11.1. The van der Waals surface area contributed by atoms with Crippen LogP contribution in [0, 0.1) is 11.3 Å². The minimum atomic E-state index is -0.733. The van der Waals surface area contributed by atoms with Crippen LogP contribution in [0.2, 0.25) is 5.02 Å². The minimum Gasteiger partial charge on any atom is -0.496 e. The molecule has 1 heterocycles. The van der Waals surface area contributed by atoms with Crippen LogP contribution in [-0.2, 0) is 16.7 Å². The van der Waals surface area contributed by atoms with E-state index in [9.17, 15) is 9.59 Å². The summed E-state index contributed by atoms with van der Waals surface area (Å²) in [5, 5.41) is 3.93. The van der Waals surface area contributed by atoms with Gasteiger partial charge in [-0.25, -0.2) is 9.59 Å². The third kappa shape index (κ3) is 6.30. The van der Waals surface area contributed by atoms with Crippen LogP contribution in [0.15, 0.2) is 48.2 Å². The maximum absolute atomic E-state index is 13.4. The molecule has 2 amide bonds. The van der Waals surface area contributed by atoms with Gasteiger partial charge in [-0.2, -0.15) is 0 Å². The largest absolute Gasteiger partial charge is 0.496 e. The highest BCUT2D eigenvalue weighted by Crippen LogP contribution is 2.40. The number of esters is 1. The van der Waals surface area contributed by atoms with E-state index in [4.69, 9.17) is 21.1 Å². The summed E-state index contributed by atoms with van der Waals surface area (Å²) in [6, 6.07) is 10.8. The molecule has 2 aromatic carbocycles. The summed E-state index contributed by atoms with van der Waals surface area (Å²) in [6.45, 7) is 14.9. The van der Waals surface area contributed by atoms with Crippen molar-refractivity contribution in [2.24, 2.45) is 11.3 Å². The Labute approximate surface area is 226 Å². The second-order valence-corrected chi connectivity index (χ2v) is 11.5. The third-order valence-corrected chi connectivity index (χ3v) is 7.13. The van der Waals surface area contributed by atoms with E-state index < -0.39 is 11.5 Å². The summed E-state index contributed by atoms with van der Waals surface area (Å²) in [5.74, 6) is 0.00478. The molecule has 1 aliphatic heterocycles. The Morgan fingerprint density at radius 1 is 1.16 bits per heavy atom. The van der Waals surface area contributed by atoms with Crippen molar-refractivity contribution in [3.05, 3.63) is 69.9 Å². The summed E-state index contributed by atoms with van der Waals surface area (Å²) in [6.07, 6.45) is 3.81. The maximum atomic E-state index is 13.4. The predicted molar refractivity (Wildman–Crippen MR) is 149 cm³/mol. The van der Waals surface area contributed by atoms with Gasteiger partial charge in [-0.05, 0) is 72.9 Å². The molecule has 0 saturated heterocycles. The molecule has 7 heteroatoms. The van der Waals surface area contributed by atoms with Gasteiger partial charge in [0.15, 0.2) is 0 Å². The van der Waals surface area contributed by atoms with Gasteiger partial charge >= 0.3 is 12.0 Å². The van der Waals surface area contributed by atoms with Crippen molar-refractivity contribution in [2.75, 3.05) is 18.6 Å². The predicted octanol–water partition coefficient (Wildman–Crippen LogP) is 7.49. The van der Waals surface area contributed by atoms with Crippen molar-refractivity contribution in [1.82, 2.24) is 5.32 Å². The van der Waals surface area contributed by atoms with Gasteiger partial charge in [0.1, 0.15) is 11.3 Å². The van der Waals surface area contributed by atoms with Gasteiger partial charge in [-0.15, -0.1) is 0 Å². The molecule has 0 unspecified atom stereocenters. The van der Waals surface area contributed by atoms with Crippen LogP contribution in [0.5, 0.6) is 5.75 Å². The van der Waals surface area contributed by atoms with Gasteiger partial charge in [-0.3, -0.25) is 4.90 Å². The molecule has 0 aliphatic carbocycles. The number of hydrogen-bond donors (Lipinski definition) is 1. The lowest BCUT2D eigenvalue weighted by molar-refractivity contribution is 0.0522. The number of amides is 2. The molecule has 6 nitrogen and oxygen atoms in total. The normalized spacial score (nSPS) is 17.9. The number of halogens is 1. The number of benzene rings is 2. The third-order valence-electron chi connectivity index (χ3n) is 6.78. The molecule has 0 saturated carbocycles. The Hall–Kier alpha value is -2.99. The Balaban J connectivity index is 1.99. The molecule has 0 radical (unpaired) electrons. The number of rotatable bonds is 8. The summed E-state index contributed by atoms with van der Waals surface area (Å²) in [4.78, 5) is 27.3. The fourth-order valence-electron chi connectivity index (χ4n) is 4.61. The zero-order valence-electron chi connectivity index (χ0n) is 23.2. The average Bonchev–Trinajstić information content (AvgIpc) is 2.82. The van der Waals surface area contributed by atoms with E-state index in [2.05, 4.69) is 52.1 Å². The number of urea groups is 1. The molecule has 1 N–H and O–H groups in total. The van der Waals surface area contributed by atoms with Crippen molar-refractivity contribution in [3.63, 3.8) is 0 Å². The summed E-state index contributed by atoms with van der Waals surface area (Å²) < 4.78 is 10.6. The number of ether oxygens (including phenoxy) is 2. The fourth-order valence-corrected chi connectivity index (χ4v) is 4.88. The monoisotopic (exact) mass is 526 g/mol. The van der Waals surface area contributed by atoms with Crippen LogP contribution < -0.4 is 15.0 Å². The molecule has 0 fully saturated rings. The van der Waals surface area contributed by atoms with Crippen LogP contribution in [0.25, 0.3) is 0 Å². The number of aryl methyl sites for hydroxylation is 1. The smallest absolute Gasteiger partial charge is 0.341 e. The SMILES string of the molecule is CCOC(=O)c1ccc(N2C=C(C(C)C)[C@](C)(c3ccc(CCC(C)(C)C)c(Cl)c3)NC2=O)cc1OC. The number of nitrogens with zero attached hydrogens (tertiary/aromatic N) is 1. The highest BCUT2D eigenvalue weighted by molar-refractivity contribution is 6.31. The first kappa shape index (κ1) is 28.6. The highest BCUT2D eigenvalue weighted by Gasteiger charge is 2.40. The summed E-state index contributed by atoms with van der Waals surface area (Å²) >= 11 is 6.73. The minimum absolute atomic E-state index is 0.133. The molecule has 3 rings (SSSR count). The van der Waals surface area contributed by atoms with E-state index in [1.54, 1.807) is 30.0 Å². The molecular weight excluding hydrogens is 488 g/mol. The lowest BCUT2D eigenvalue weighted by atomic mass is 9.78. The zero-order valence-corrected chi connectivity index (χ0v) is 24.0. The first-order valence-electron chi connectivity index (χ1n) is 12.8. The molecule has 2 aromatic rings. The number of carbonyl (C=O) groups excluding carboxylic acids is 2. The number of anilines is 1. The van der Waals surface area contributed by atoms with E-state index in [0.717, 1.165) is 29.5 Å². The van der Waals surface area contributed by atoms with Crippen molar-refractivity contribution < 1.29 is 19.1 Å². The average molecular weight is 527 g/mol. The number of methoxy groups -OCH3 is 1. The molecule has 0 bridgehead atoms. The molecular formula is C30H39ClN2O4. The lowest BCUT2D eigenvalue weighted by Crippen LogP contribution is -2.54. The Bertz CT molecular complexity index is 1200. The highest BCUT2D eigenvalue weighted by atomic mass is 35.5. The van der Waals surface area contributed by atoms with Crippen LogP contribution in [0.1, 0.15) is 76.4 Å². The first-order chi connectivity index (χ1) is 17.3. The first-order valence-corrected chi connectivity index (χ1v) is 13.2. The van der Waals surface area contributed by atoms with Crippen molar-refractivity contribution in [1.29, 1.82) is 0 Å². The molecule has 0 aromatic heterocycles. The summed E-state index contributed by atoms with van der Waals surface area (Å²) in [7, 11) is 1.49. The van der Waals surface area contributed by atoms with E-state index in [1.807, 2.05) is 19.2 Å². The van der Waals surface area contributed by atoms with Crippen LogP contribution in [0.4, 0.5) is 10.5 Å². The Morgan fingerprint density at radius 2 is 1.86 bits per heavy atom. The topological polar surface area (TPSA) is 67.9 Å². The van der Waals surface area contributed by atoms with Crippen LogP contribution in [-0.4, -0.2) is 25.7 Å².